The van der Waals surface area contributed by atoms with Crippen molar-refractivity contribution in [2.75, 3.05) is 7.11 Å². The smallest absolute Gasteiger partial charge is 0.335 e. The Morgan fingerprint density at radius 1 is 1.19 bits per heavy atom. The number of hydrogen-bond acceptors (Lipinski definition) is 3. The number of hydrogen-bond donors (Lipinski definition) is 1. The Bertz CT molecular complexity index is 819. The molecule has 3 aromatic rings. The second kappa shape index (κ2) is 4.94. The molecular weight excluding hydrogens is 268 g/mol. The van der Waals surface area contributed by atoms with E-state index in [1.807, 2.05) is 35.9 Å². The van der Waals surface area contributed by atoms with Gasteiger partial charge >= 0.3 is 5.97 Å². The Morgan fingerprint density at radius 3 is 2.52 bits per heavy atom. The Labute approximate surface area is 121 Å². The van der Waals surface area contributed by atoms with Gasteiger partial charge in [-0.3, -0.25) is 0 Å². The maximum Gasteiger partial charge on any atom is 0.335 e. The van der Waals surface area contributed by atoms with E-state index in [2.05, 4.69) is 4.98 Å². The number of ether oxygens (including phenoxy) is 1. The third kappa shape index (κ3) is 2.23. The standard InChI is InChI=1S/C16H14N2O3/c1-18-14-8-5-11(16(19)20)9-13(14)17-15(18)10-3-6-12(21-2)7-4-10/h3-9H,1-2H3,(H,19,20). The molecule has 0 aliphatic heterocycles. The highest BCUT2D eigenvalue weighted by Crippen LogP contribution is 2.26. The summed E-state index contributed by atoms with van der Waals surface area (Å²) in [6, 6.07) is 12.6. The molecule has 0 unspecified atom stereocenters. The third-order valence-corrected chi connectivity index (χ3v) is 3.48. The Balaban J connectivity index is 2.13. The van der Waals surface area contributed by atoms with Crippen LogP contribution in [0.5, 0.6) is 5.75 Å². The van der Waals surface area contributed by atoms with Gasteiger partial charge < -0.3 is 14.4 Å². The number of rotatable bonds is 3. The van der Waals surface area contributed by atoms with Gasteiger partial charge in [0.15, 0.2) is 0 Å². The molecule has 1 N–H and O–H groups in total. The molecule has 2 aromatic carbocycles. The summed E-state index contributed by atoms with van der Waals surface area (Å²) in [5, 5.41) is 9.05. The van der Waals surface area contributed by atoms with Crippen LogP contribution >= 0.6 is 0 Å². The topological polar surface area (TPSA) is 64.3 Å². The minimum absolute atomic E-state index is 0.238. The van der Waals surface area contributed by atoms with Gasteiger partial charge in [-0.1, -0.05) is 0 Å². The van der Waals surface area contributed by atoms with Crippen LogP contribution in [0.2, 0.25) is 0 Å². The average Bonchev–Trinajstić information content (AvgIpc) is 2.84. The summed E-state index contributed by atoms with van der Waals surface area (Å²) in [6.45, 7) is 0. The number of aryl methyl sites for hydroxylation is 1. The second-order valence-electron chi connectivity index (χ2n) is 4.73. The predicted octanol–water partition coefficient (Wildman–Crippen LogP) is 2.95. The van der Waals surface area contributed by atoms with Crippen molar-refractivity contribution >= 4 is 17.0 Å². The lowest BCUT2D eigenvalue weighted by Gasteiger charge is -2.04. The van der Waals surface area contributed by atoms with Crippen molar-refractivity contribution in [1.29, 1.82) is 0 Å². The van der Waals surface area contributed by atoms with E-state index >= 15 is 0 Å². The van der Waals surface area contributed by atoms with Crippen LogP contribution in [0.1, 0.15) is 10.4 Å². The van der Waals surface area contributed by atoms with Crippen LogP contribution in [0.4, 0.5) is 0 Å². The van der Waals surface area contributed by atoms with Gasteiger partial charge in [-0.2, -0.15) is 0 Å². The average molecular weight is 282 g/mol. The first-order valence-corrected chi connectivity index (χ1v) is 6.44. The molecule has 0 bridgehead atoms. The maximum atomic E-state index is 11.0. The molecule has 0 atom stereocenters. The fourth-order valence-electron chi connectivity index (χ4n) is 2.33. The van der Waals surface area contributed by atoms with E-state index in [-0.39, 0.29) is 5.56 Å². The molecular formula is C16H14N2O3. The monoisotopic (exact) mass is 282 g/mol. The Hall–Kier alpha value is -2.82. The fraction of sp³-hybridized carbons (Fsp3) is 0.125. The zero-order chi connectivity index (χ0) is 15.0. The summed E-state index contributed by atoms with van der Waals surface area (Å²) in [7, 11) is 3.53. The Morgan fingerprint density at radius 2 is 1.90 bits per heavy atom. The quantitative estimate of drug-likeness (QED) is 0.802. The predicted molar refractivity (Wildman–Crippen MR) is 79.7 cm³/mol. The highest BCUT2D eigenvalue weighted by molar-refractivity contribution is 5.93. The zero-order valence-electron chi connectivity index (χ0n) is 11.7. The molecule has 0 aliphatic carbocycles. The first-order valence-electron chi connectivity index (χ1n) is 6.44. The number of carboxylic acids is 1. The molecule has 0 amide bonds. The molecule has 0 radical (unpaired) electrons. The maximum absolute atomic E-state index is 11.0. The number of aromatic nitrogens is 2. The number of carboxylic acid groups (broad SMARTS) is 1. The van der Waals surface area contributed by atoms with E-state index in [4.69, 9.17) is 9.84 Å². The van der Waals surface area contributed by atoms with E-state index in [1.54, 1.807) is 25.3 Å². The van der Waals surface area contributed by atoms with Crippen LogP contribution in [0.25, 0.3) is 22.4 Å². The second-order valence-corrected chi connectivity index (χ2v) is 4.73. The van der Waals surface area contributed by atoms with Crippen molar-refractivity contribution in [3.05, 3.63) is 48.0 Å². The molecule has 5 nitrogen and oxygen atoms in total. The lowest BCUT2D eigenvalue weighted by molar-refractivity contribution is 0.0697. The molecule has 21 heavy (non-hydrogen) atoms. The van der Waals surface area contributed by atoms with Crippen LogP contribution in [0.15, 0.2) is 42.5 Å². The van der Waals surface area contributed by atoms with Crippen molar-refractivity contribution in [3.8, 4) is 17.1 Å². The van der Waals surface area contributed by atoms with Crippen LogP contribution in [-0.4, -0.2) is 27.7 Å². The molecule has 0 saturated heterocycles. The lowest BCUT2D eigenvalue weighted by Crippen LogP contribution is -1.95. The lowest BCUT2D eigenvalue weighted by atomic mass is 10.2. The van der Waals surface area contributed by atoms with Gasteiger partial charge in [0.05, 0.1) is 23.7 Å². The van der Waals surface area contributed by atoms with Crippen molar-refractivity contribution in [2.24, 2.45) is 7.05 Å². The first-order chi connectivity index (χ1) is 10.1. The molecule has 1 heterocycles. The van der Waals surface area contributed by atoms with E-state index in [9.17, 15) is 4.79 Å². The number of methoxy groups -OCH3 is 1. The van der Waals surface area contributed by atoms with Crippen molar-refractivity contribution in [2.45, 2.75) is 0 Å². The Kier molecular flexibility index (Phi) is 3.10. The van der Waals surface area contributed by atoms with E-state index in [0.29, 0.717) is 5.52 Å². The van der Waals surface area contributed by atoms with Gasteiger partial charge in [0, 0.05) is 12.6 Å². The normalized spacial score (nSPS) is 10.8. The van der Waals surface area contributed by atoms with Gasteiger partial charge in [0.25, 0.3) is 0 Å². The molecule has 0 fully saturated rings. The van der Waals surface area contributed by atoms with Crippen LogP contribution in [-0.2, 0) is 7.05 Å². The van der Waals surface area contributed by atoms with E-state index < -0.39 is 5.97 Å². The highest BCUT2D eigenvalue weighted by Gasteiger charge is 2.12. The van der Waals surface area contributed by atoms with E-state index in [1.165, 1.54) is 0 Å². The molecule has 0 saturated carbocycles. The molecule has 0 spiro atoms. The molecule has 1 aromatic heterocycles. The minimum atomic E-state index is -0.950. The molecule has 0 aliphatic rings. The van der Waals surface area contributed by atoms with Crippen molar-refractivity contribution in [1.82, 2.24) is 9.55 Å². The minimum Gasteiger partial charge on any atom is -0.497 e. The van der Waals surface area contributed by atoms with Gasteiger partial charge in [0.1, 0.15) is 11.6 Å². The van der Waals surface area contributed by atoms with Crippen molar-refractivity contribution in [3.63, 3.8) is 0 Å². The third-order valence-electron chi connectivity index (χ3n) is 3.48. The van der Waals surface area contributed by atoms with Crippen molar-refractivity contribution < 1.29 is 14.6 Å². The van der Waals surface area contributed by atoms with Crippen LogP contribution in [0.3, 0.4) is 0 Å². The summed E-state index contributed by atoms with van der Waals surface area (Å²) in [5.41, 5.74) is 2.75. The van der Waals surface area contributed by atoms with Gasteiger partial charge in [-0.05, 0) is 42.5 Å². The summed E-state index contributed by atoms with van der Waals surface area (Å²) < 4.78 is 7.09. The first kappa shape index (κ1) is 13.2. The SMILES string of the molecule is COc1ccc(-c2nc3cc(C(=O)O)ccc3n2C)cc1. The largest absolute Gasteiger partial charge is 0.497 e. The number of carbonyl (C=O) groups is 1. The summed E-state index contributed by atoms with van der Waals surface area (Å²) in [5.74, 6) is 0.620. The summed E-state index contributed by atoms with van der Waals surface area (Å²) in [6.07, 6.45) is 0. The number of aromatic carboxylic acids is 1. The summed E-state index contributed by atoms with van der Waals surface area (Å²) in [4.78, 5) is 15.6. The van der Waals surface area contributed by atoms with Crippen LogP contribution < -0.4 is 4.74 Å². The number of imidazole rings is 1. The fourth-order valence-corrected chi connectivity index (χ4v) is 2.33. The van der Waals surface area contributed by atoms with Crippen LogP contribution in [0, 0.1) is 0 Å². The number of fused-ring (bicyclic) bond motifs is 1. The summed E-state index contributed by atoms with van der Waals surface area (Å²) >= 11 is 0. The zero-order valence-corrected chi connectivity index (χ0v) is 11.7. The number of benzene rings is 2. The number of nitrogens with zero attached hydrogens (tertiary/aromatic N) is 2. The van der Waals surface area contributed by atoms with Gasteiger partial charge in [0.2, 0.25) is 0 Å². The highest BCUT2D eigenvalue weighted by atomic mass is 16.5. The molecule has 5 heteroatoms. The van der Waals surface area contributed by atoms with E-state index in [0.717, 1.165) is 22.7 Å². The molecule has 106 valence electrons. The van der Waals surface area contributed by atoms with Gasteiger partial charge in [-0.15, -0.1) is 0 Å². The van der Waals surface area contributed by atoms with Gasteiger partial charge in [-0.25, -0.2) is 9.78 Å². The molecule has 3 rings (SSSR count).